The molecule has 1 fully saturated rings. The second-order valence-corrected chi connectivity index (χ2v) is 8.30. The van der Waals surface area contributed by atoms with Crippen LogP contribution in [0.4, 0.5) is 5.69 Å². The van der Waals surface area contributed by atoms with E-state index in [1.54, 1.807) is 26.0 Å². The molecule has 0 saturated carbocycles. The zero-order chi connectivity index (χ0) is 17.2. The van der Waals surface area contributed by atoms with E-state index < -0.39 is 15.9 Å². The van der Waals surface area contributed by atoms with Gasteiger partial charge in [0.05, 0.1) is 24.3 Å². The molecule has 1 amide bonds. The van der Waals surface area contributed by atoms with Crippen LogP contribution in [-0.2, 0) is 14.6 Å². The molecule has 0 aromatic heterocycles. The minimum Gasteiger partial charge on any atom is -0.495 e. The first kappa shape index (κ1) is 17.6. The second-order valence-electron chi connectivity index (χ2n) is 6.08. The molecule has 6 nitrogen and oxygen atoms in total. The maximum Gasteiger partial charge on any atom is 0.244 e. The lowest BCUT2D eigenvalue weighted by Crippen LogP contribution is -2.45. The lowest BCUT2D eigenvalue weighted by molar-refractivity contribution is -0.132. The normalized spacial score (nSPS) is 20.8. The number of methoxy groups -OCH3 is 1. The van der Waals surface area contributed by atoms with Gasteiger partial charge in [0.25, 0.3) is 0 Å². The number of hydrogen-bond donors (Lipinski definition) is 1. The molecule has 2 rings (SSSR count). The Hall–Kier alpha value is -1.76. The summed E-state index contributed by atoms with van der Waals surface area (Å²) >= 11 is 0. The number of carbonyl (C=O) groups is 1. The van der Waals surface area contributed by atoms with Crippen molar-refractivity contribution in [2.24, 2.45) is 0 Å². The third-order valence-electron chi connectivity index (χ3n) is 4.20. The van der Waals surface area contributed by atoms with Gasteiger partial charge in [-0.05, 0) is 38.0 Å². The first-order chi connectivity index (χ1) is 10.7. The molecule has 1 aromatic carbocycles. The number of anilines is 1. The Balaban J connectivity index is 2.07. The number of ether oxygens (including phenoxy) is 1. The smallest absolute Gasteiger partial charge is 0.244 e. The quantitative estimate of drug-likeness (QED) is 0.878. The summed E-state index contributed by atoms with van der Waals surface area (Å²) in [6, 6.07) is 4.99. The van der Waals surface area contributed by atoms with Crippen LogP contribution >= 0.6 is 0 Å². The van der Waals surface area contributed by atoms with Gasteiger partial charge in [0, 0.05) is 13.1 Å². The average molecular weight is 340 g/mol. The lowest BCUT2D eigenvalue weighted by atomic mass is 10.1. The molecule has 1 N–H and O–H groups in total. The summed E-state index contributed by atoms with van der Waals surface area (Å²) in [5.74, 6) is 0.746. The van der Waals surface area contributed by atoms with E-state index >= 15 is 0 Å². The summed E-state index contributed by atoms with van der Waals surface area (Å²) in [5, 5.41) is 3.16. The molecule has 1 aliphatic rings. The molecule has 1 aromatic rings. The number of hydrogen-bond acceptors (Lipinski definition) is 5. The van der Waals surface area contributed by atoms with Crippen molar-refractivity contribution < 1.29 is 17.9 Å². The Bertz CT molecular complexity index is 687. The van der Waals surface area contributed by atoms with E-state index in [-0.39, 0.29) is 23.5 Å². The molecular weight excluding hydrogens is 316 g/mol. The SMILES string of the molecule is COc1ccc(C)cc1N[C@H](C)C(=O)N(C)[C@@H]1CCS(=O)(=O)C1. The summed E-state index contributed by atoms with van der Waals surface area (Å²) in [5.41, 5.74) is 1.81. The Morgan fingerprint density at radius 1 is 1.43 bits per heavy atom. The number of nitrogens with zero attached hydrogens (tertiary/aromatic N) is 1. The van der Waals surface area contributed by atoms with E-state index in [1.807, 2.05) is 25.1 Å². The molecule has 0 bridgehead atoms. The summed E-state index contributed by atoms with van der Waals surface area (Å²) in [6.45, 7) is 3.73. The average Bonchev–Trinajstić information content (AvgIpc) is 2.86. The monoisotopic (exact) mass is 340 g/mol. The van der Waals surface area contributed by atoms with Gasteiger partial charge in [0.2, 0.25) is 5.91 Å². The zero-order valence-electron chi connectivity index (χ0n) is 14.0. The van der Waals surface area contributed by atoms with Crippen LogP contribution in [0.1, 0.15) is 18.9 Å². The fourth-order valence-electron chi connectivity index (χ4n) is 2.80. The first-order valence-electron chi connectivity index (χ1n) is 7.62. The van der Waals surface area contributed by atoms with Gasteiger partial charge in [-0.15, -0.1) is 0 Å². The maximum absolute atomic E-state index is 12.6. The van der Waals surface area contributed by atoms with Crippen molar-refractivity contribution in [1.82, 2.24) is 4.90 Å². The molecule has 2 atom stereocenters. The van der Waals surface area contributed by atoms with Crippen molar-refractivity contribution in [3.63, 3.8) is 0 Å². The van der Waals surface area contributed by atoms with Gasteiger partial charge in [-0.1, -0.05) is 6.07 Å². The third-order valence-corrected chi connectivity index (χ3v) is 5.95. The van der Waals surface area contributed by atoms with Crippen LogP contribution < -0.4 is 10.1 Å². The number of amides is 1. The zero-order valence-corrected chi connectivity index (χ0v) is 14.8. The fraction of sp³-hybridized carbons (Fsp3) is 0.562. The largest absolute Gasteiger partial charge is 0.495 e. The van der Waals surface area contributed by atoms with Gasteiger partial charge in [0.15, 0.2) is 9.84 Å². The van der Waals surface area contributed by atoms with Crippen LogP contribution in [0.25, 0.3) is 0 Å². The van der Waals surface area contributed by atoms with Crippen LogP contribution in [0.15, 0.2) is 18.2 Å². The minimum absolute atomic E-state index is 0.0513. The summed E-state index contributed by atoms with van der Waals surface area (Å²) < 4.78 is 28.5. The first-order valence-corrected chi connectivity index (χ1v) is 9.44. The number of carbonyl (C=O) groups excluding carboxylic acids is 1. The topological polar surface area (TPSA) is 75.7 Å². The summed E-state index contributed by atoms with van der Waals surface area (Å²) in [7, 11) is 0.238. The van der Waals surface area contributed by atoms with E-state index in [0.717, 1.165) is 11.3 Å². The van der Waals surface area contributed by atoms with Crippen molar-refractivity contribution in [3.05, 3.63) is 23.8 Å². The van der Waals surface area contributed by atoms with Crippen molar-refractivity contribution in [3.8, 4) is 5.75 Å². The molecule has 7 heteroatoms. The number of benzene rings is 1. The standard InChI is InChI=1S/C16H24N2O4S/c1-11-5-6-15(22-4)14(9-11)17-12(2)16(19)18(3)13-7-8-23(20,21)10-13/h5-6,9,12-13,17H,7-8,10H2,1-4H3/t12-,13-/m1/s1. The molecule has 1 aliphatic heterocycles. The van der Waals surface area contributed by atoms with Gasteiger partial charge in [-0.3, -0.25) is 4.79 Å². The van der Waals surface area contributed by atoms with Gasteiger partial charge < -0.3 is 15.0 Å². The molecule has 0 aliphatic carbocycles. The van der Waals surface area contributed by atoms with Gasteiger partial charge in [-0.25, -0.2) is 8.42 Å². The predicted molar refractivity (Wildman–Crippen MR) is 90.6 cm³/mol. The minimum atomic E-state index is -3.01. The maximum atomic E-state index is 12.6. The third kappa shape index (κ3) is 4.16. The Morgan fingerprint density at radius 2 is 2.13 bits per heavy atom. The number of rotatable bonds is 5. The molecule has 23 heavy (non-hydrogen) atoms. The molecule has 128 valence electrons. The van der Waals surface area contributed by atoms with Gasteiger partial charge >= 0.3 is 0 Å². The van der Waals surface area contributed by atoms with Crippen molar-refractivity contribution in [2.75, 3.05) is 31.0 Å². The Labute approximate surface area is 137 Å². The molecular formula is C16H24N2O4S. The predicted octanol–water partition coefficient (Wildman–Crippen LogP) is 1.45. The highest BCUT2D eigenvalue weighted by Crippen LogP contribution is 2.26. The molecule has 0 spiro atoms. The van der Waals surface area contributed by atoms with Crippen LogP contribution in [0.2, 0.25) is 0 Å². The molecule has 0 radical (unpaired) electrons. The van der Waals surface area contributed by atoms with Crippen molar-refractivity contribution in [2.45, 2.75) is 32.4 Å². The number of likely N-dealkylation sites (N-methyl/N-ethyl adjacent to an activating group) is 1. The lowest BCUT2D eigenvalue weighted by Gasteiger charge is -2.27. The van der Waals surface area contributed by atoms with E-state index in [9.17, 15) is 13.2 Å². The Morgan fingerprint density at radius 3 is 2.70 bits per heavy atom. The van der Waals surface area contributed by atoms with Gasteiger partial charge in [0.1, 0.15) is 11.8 Å². The summed E-state index contributed by atoms with van der Waals surface area (Å²) in [6.07, 6.45) is 0.505. The Kier molecular flexibility index (Phi) is 5.19. The van der Waals surface area contributed by atoms with E-state index in [4.69, 9.17) is 4.74 Å². The molecule has 1 saturated heterocycles. The highest BCUT2D eigenvalue weighted by molar-refractivity contribution is 7.91. The summed E-state index contributed by atoms with van der Waals surface area (Å²) in [4.78, 5) is 14.1. The van der Waals surface area contributed by atoms with Crippen LogP contribution in [0.3, 0.4) is 0 Å². The van der Waals surface area contributed by atoms with Crippen LogP contribution in [-0.4, -0.2) is 57.0 Å². The second kappa shape index (κ2) is 6.78. The van der Waals surface area contributed by atoms with Crippen molar-refractivity contribution in [1.29, 1.82) is 0 Å². The highest BCUT2D eigenvalue weighted by atomic mass is 32.2. The van der Waals surface area contributed by atoms with Crippen molar-refractivity contribution >= 4 is 21.4 Å². The van der Waals surface area contributed by atoms with Gasteiger partial charge in [-0.2, -0.15) is 0 Å². The van der Waals surface area contributed by atoms with E-state index in [1.165, 1.54) is 0 Å². The van der Waals surface area contributed by atoms with Crippen LogP contribution in [0.5, 0.6) is 5.75 Å². The van der Waals surface area contributed by atoms with E-state index in [2.05, 4.69) is 5.32 Å². The fourth-order valence-corrected chi connectivity index (χ4v) is 4.57. The molecule has 1 heterocycles. The highest BCUT2D eigenvalue weighted by Gasteiger charge is 2.34. The van der Waals surface area contributed by atoms with E-state index in [0.29, 0.717) is 12.2 Å². The van der Waals surface area contributed by atoms with Crippen LogP contribution in [0, 0.1) is 6.92 Å². The number of sulfone groups is 1. The number of aryl methyl sites for hydroxylation is 1. The molecule has 0 unspecified atom stereocenters. The number of nitrogens with one attached hydrogen (secondary N) is 1.